The SMILES string of the molecule is COc1ccc2c3c([nH]c2c1)[C@H](CO)N(Cc1ccccc1)CC31CN(C(C)=O)C1. The summed E-state index contributed by atoms with van der Waals surface area (Å²) < 4.78 is 5.42. The summed E-state index contributed by atoms with van der Waals surface area (Å²) >= 11 is 0. The van der Waals surface area contributed by atoms with Crippen molar-refractivity contribution >= 4 is 16.8 Å². The third-order valence-electron chi connectivity index (χ3n) is 6.68. The second-order valence-electron chi connectivity index (χ2n) is 8.57. The Bertz CT molecular complexity index is 1090. The Balaban J connectivity index is 1.62. The maximum atomic E-state index is 12.0. The van der Waals surface area contributed by atoms with Crippen molar-refractivity contribution in [1.82, 2.24) is 14.8 Å². The molecule has 1 spiro atoms. The highest BCUT2D eigenvalue weighted by Gasteiger charge is 2.53. The van der Waals surface area contributed by atoms with Gasteiger partial charge in [-0.15, -0.1) is 0 Å². The molecule has 1 fully saturated rings. The zero-order valence-corrected chi connectivity index (χ0v) is 17.4. The lowest BCUT2D eigenvalue weighted by molar-refractivity contribution is -0.138. The van der Waals surface area contributed by atoms with Gasteiger partial charge in [-0.3, -0.25) is 9.69 Å². The number of benzene rings is 2. The van der Waals surface area contributed by atoms with E-state index in [0.717, 1.165) is 35.4 Å². The molecule has 0 unspecified atom stereocenters. The number of aromatic amines is 1. The number of hydrogen-bond acceptors (Lipinski definition) is 4. The zero-order chi connectivity index (χ0) is 20.9. The lowest BCUT2D eigenvalue weighted by atomic mass is 9.68. The molecule has 2 aliphatic rings. The summed E-state index contributed by atoms with van der Waals surface area (Å²) in [5.74, 6) is 0.915. The molecular weight excluding hydrogens is 378 g/mol. The van der Waals surface area contributed by atoms with E-state index in [4.69, 9.17) is 4.74 Å². The van der Waals surface area contributed by atoms with Crippen molar-refractivity contribution in [3.05, 3.63) is 65.4 Å². The average Bonchev–Trinajstić information content (AvgIpc) is 3.10. The van der Waals surface area contributed by atoms with Crippen LogP contribution >= 0.6 is 0 Å². The third kappa shape index (κ3) is 2.90. The van der Waals surface area contributed by atoms with E-state index in [1.807, 2.05) is 35.2 Å². The fraction of sp³-hybridized carbons (Fsp3) is 0.375. The Morgan fingerprint density at radius 1 is 1.20 bits per heavy atom. The molecule has 6 heteroatoms. The van der Waals surface area contributed by atoms with Crippen LogP contribution in [0.25, 0.3) is 10.9 Å². The van der Waals surface area contributed by atoms with E-state index in [1.54, 1.807) is 14.0 Å². The summed E-state index contributed by atoms with van der Waals surface area (Å²) in [7, 11) is 1.67. The van der Waals surface area contributed by atoms with Gasteiger partial charge in [0.1, 0.15) is 5.75 Å². The molecule has 0 saturated carbocycles. The Morgan fingerprint density at radius 3 is 2.63 bits per heavy atom. The summed E-state index contributed by atoms with van der Waals surface area (Å²) in [5.41, 5.74) is 4.41. The molecule has 1 amide bonds. The number of hydrogen-bond donors (Lipinski definition) is 2. The molecule has 0 radical (unpaired) electrons. The first-order chi connectivity index (χ1) is 14.5. The van der Waals surface area contributed by atoms with E-state index >= 15 is 0 Å². The van der Waals surface area contributed by atoms with Crippen molar-refractivity contribution in [2.75, 3.05) is 33.4 Å². The van der Waals surface area contributed by atoms with Crippen LogP contribution in [0.1, 0.15) is 29.8 Å². The molecule has 2 aromatic carbocycles. The van der Waals surface area contributed by atoms with Crippen LogP contribution in [0, 0.1) is 0 Å². The summed E-state index contributed by atoms with van der Waals surface area (Å²) in [5, 5.41) is 11.5. The standard InChI is InChI=1S/C24H27N3O3/c1-16(29)27-14-24(15-27)13-26(11-17-6-4-3-5-7-17)21(12-28)23-22(24)19-9-8-18(30-2)10-20(19)25-23/h3-10,21,25,28H,11-15H2,1-2H3/t21-/m0/s1. The summed E-state index contributed by atoms with van der Waals surface area (Å²) in [6.07, 6.45) is 0. The van der Waals surface area contributed by atoms with Gasteiger partial charge in [0.25, 0.3) is 0 Å². The maximum absolute atomic E-state index is 12.0. The monoisotopic (exact) mass is 405 g/mol. The second-order valence-corrected chi connectivity index (χ2v) is 8.57. The van der Waals surface area contributed by atoms with Gasteiger partial charge in [0.05, 0.1) is 19.8 Å². The van der Waals surface area contributed by atoms with Crippen molar-refractivity contribution in [3.63, 3.8) is 0 Å². The number of amides is 1. The number of carbonyl (C=O) groups is 1. The number of ether oxygens (including phenoxy) is 1. The molecule has 5 rings (SSSR count). The number of rotatable bonds is 4. The topological polar surface area (TPSA) is 68.8 Å². The molecule has 0 bridgehead atoms. The van der Waals surface area contributed by atoms with Crippen LogP contribution in [-0.2, 0) is 16.8 Å². The molecule has 156 valence electrons. The summed E-state index contributed by atoms with van der Waals surface area (Å²) in [4.78, 5) is 19.8. The fourth-order valence-electron chi connectivity index (χ4n) is 5.26. The van der Waals surface area contributed by atoms with Gasteiger partial charge < -0.3 is 19.7 Å². The lowest BCUT2D eigenvalue weighted by Gasteiger charge is -2.56. The minimum absolute atomic E-state index is 0.0380. The molecule has 30 heavy (non-hydrogen) atoms. The van der Waals surface area contributed by atoms with Gasteiger partial charge >= 0.3 is 0 Å². The van der Waals surface area contributed by atoms with E-state index in [-0.39, 0.29) is 24.0 Å². The third-order valence-corrected chi connectivity index (χ3v) is 6.68. The van der Waals surface area contributed by atoms with Gasteiger partial charge in [0.15, 0.2) is 0 Å². The Morgan fingerprint density at radius 2 is 1.97 bits per heavy atom. The van der Waals surface area contributed by atoms with Gasteiger partial charge in [-0.2, -0.15) is 0 Å². The van der Waals surface area contributed by atoms with Crippen LogP contribution in [0.2, 0.25) is 0 Å². The lowest BCUT2D eigenvalue weighted by Crippen LogP contribution is -2.67. The number of aromatic nitrogens is 1. The highest BCUT2D eigenvalue weighted by Crippen LogP contribution is 2.48. The maximum Gasteiger partial charge on any atom is 0.219 e. The number of aliphatic hydroxyl groups excluding tert-OH is 1. The van der Waals surface area contributed by atoms with Crippen molar-refractivity contribution in [1.29, 1.82) is 0 Å². The highest BCUT2D eigenvalue weighted by molar-refractivity contribution is 5.88. The first-order valence-corrected chi connectivity index (χ1v) is 10.4. The van der Waals surface area contributed by atoms with Crippen LogP contribution in [0.4, 0.5) is 0 Å². The summed E-state index contributed by atoms with van der Waals surface area (Å²) in [6.45, 7) is 4.65. The quantitative estimate of drug-likeness (QED) is 0.700. The number of aliphatic hydroxyl groups is 1. The number of nitrogens with zero attached hydrogens (tertiary/aromatic N) is 2. The Hall–Kier alpha value is -2.83. The van der Waals surface area contributed by atoms with E-state index in [2.05, 4.69) is 28.1 Å². The largest absolute Gasteiger partial charge is 0.497 e. The molecular formula is C24H27N3O3. The van der Waals surface area contributed by atoms with E-state index in [9.17, 15) is 9.90 Å². The molecule has 2 aliphatic heterocycles. The smallest absolute Gasteiger partial charge is 0.219 e. The number of carbonyl (C=O) groups excluding carboxylic acids is 1. The number of methoxy groups -OCH3 is 1. The minimum atomic E-state index is -0.131. The molecule has 3 aromatic rings. The predicted octanol–water partition coefficient (Wildman–Crippen LogP) is 2.83. The molecule has 2 N–H and O–H groups in total. The Labute approximate surface area is 176 Å². The van der Waals surface area contributed by atoms with E-state index in [1.165, 1.54) is 11.1 Å². The van der Waals surface area contributed by atoms with Crippen LogP contribution in [0.15, 0.2) is 48.5 Å². The summed E-state index contributed by atoms with van der Waals surface area (Å²) in [6, 6.07) is 16.3. The van der Waals surface area contributed by atoms with Crippen LogP contribution in [-0.4, -0.2) is 59.1 Å². The normalized spacial score (nSPS) is 20.2. The van der Waals surface area contributed by atoms with Gasteiger partial charge in [-0.25, -0.2) is 0 Å². The van der Waals surface area contributed by atoms with Crippen LogP contribution in [0.5, 0.6) is 5.75 Å². The minimum Gasteiger partial charge on any atom is -0.497 e. The molecule has 0 aliphatic carbocycles. The van der Waals surface area contributed by atoms with E-state index in [0.29, 0.717) is 13.1 Å². The number of likely N-dealkylation sites (tertiary alicyclic amines) is 1. The van der Waals surface area contributed by atoms with Gasteiger partial charge in [-0.05, 0) is 23.3 Å². The fourth-order valence-corrected chi connectivity index (χ4v) is 5.26. The number of fused-ring (bicyclic) bond motifs is 4. The van der Waals surface area contributed by atoms with Crippen molar-refractivity contribution < 1.29 is 14.6 Å². The molecule has 1 aromatic heterocycles. The Kier molecular flexibility index (Phi) is 4.56. The van der Waals surface area contributed by atoms with Crippen molar-refractivity contribution in [2.24, 2.45) is 0 Å². The van der Waals surface area contributed by atoms with Gasteiger partial charge in [-0.1, -0.05) is 30.3 Å². The number of nitrogens with one attached hydrogen (secondary N) is 1. The molecule has 1 saturated heterocycles. The highest BCUT2D eigenvalue weighted by atomic mass is 16.5. The predicted molar refractivity (Wildman–Crippen MR) is 115 cm³/mol. The molecule has 1 atom stereocenters. The van der Waals surface area contributed by atoms with Crippen LogP contribution in [0.3, 0.4) is 0 Å². The van der Waals surface area contributed by atoms with E-state index < -0.39 is 0 Å². The average molecular weight is 405 g/mol. The molecule has 3 heterocycles. The number of H-pyrrole nitrogens is 1. The first kappa shape index (κ1) is 19.2. The van der Waals surface area contributed by atoms with Gasteiger partial charge in [0, 0.05) is 61.2 Å². The van der Waals surface area contributed by atoms with Crippen molar-refractivity contribution in [2.45, 2.75) is 24.9 Å². The van der Waals surface area contributed by atoms with Crippen LogP contribution < -0.4 is 4.74 Å². The van der Waals surface area contributed by atoms with Crippen molar-refractivity contribution in [3.8, 4) is 5.75 Å². The zero-order valence-electron chi connectivity index (χ0n) is 17.4. The second kappa shape index (κ2) is 7.15. The molecule has 6 nitrogen and oxygen atoms in total. The first-order valence-electron chi connectivity index (χ1n) is 10.4. The van der Waals surface area contributed by atoms with Gasteiger partial charge in [0.2, 0.25) is 5.91 Å².